The molecule has 36 heavy (non-hydrogen) atoms. The molecule has 2 aliphatic heterocycles. The molecule has 1 saturated heterocycles. The van der Waals surface area contributed by atoms with Gasteiger partial charge in [-0.15, -0.1) is 0 Å². The number of carbonyl (C=O) groups is 1. The molecule has 2 aliphatic rings. The number of H-pyrrole nitrogens is 1. The monoisotopic (exact) mass is 584 g/mol. The van der Waals surface area contributed by atoms with Gasteiger partial charge in [-0.2, -0.15) is 0 Å². The molecule has 0 bridgehead atoms. The minimum atomic E-state index is -3.98. The minimum absolute atomic E-state index is 0.0465. The summed E-state index contributed by atoms with van der Waals surface area (Å²) in [6.07, 6.45) is 0.344. The van der Waals surface area contributed by atoms with Crippen LogP contribution >= 0.6 is 23.8 Å². The number of carbonyl (C=O) groups excluding carboxylic acids is 1. The predicted molar refractivity (Wildman–Crippen MR) is 133 cm³/mol. The lowest BCUT2D eigenvalue weighted by atomic mass is 10.1. The van der Waals surface area contributed by atoms with Crippen LogP contribution in [0.2, 0.25) is 0 Å². The third kappa shape index (κ3) is 5.73. The van der Waals surface area contributed by atoms with Crippen molar-refractivity contribution in [2.75, 3.05) is 6.61 Å². The van der Waals surface area contributed by atoms with Crippen LogP contribution in [0, 0.1) is 12.8 Å². The highest BCUT2D eigenvalue weighted by Gasteiger charge is 2.43. The fourth-order valence-corrected chi connectivity index (χ4v) is 5.38. The second-order valence-corrected chi connectivity index (χ2v) is 10.8. The van der Waals surface area contributed by atoms with Gasteiger partial charge in [0.1, 0.15) is 24.2 Å². The topological polar surface area (TPSA) is 135 Å². The molecule has 1 aromatic heterocycles. The number of aromatic nitrogens is 2. The Morgan fingerprint density at radius 2 is 2.14 bits per heavy atom. The van der Waals surface area contributed by atoms with Gasteiger partial charge >= 0.3 is 19.5 Å². The van der Waals surface area contributed by atoms with Gasteiger partial charge in [0.2, 0.25) is 0 Å². The Morgan fingerprint density at radius 1 is 1.36 bits per heavy atom. The lowest BCUT2D eigenvalue weighted by molar-refractivity contribution is -0.156. The van der Waals surface area contributed by atoms with Crippen molar-refractivity contribution in [2.24, 2.45) is 5.92 Å². The summed E-state index contributed by atoms with van der Waals surface area (Å²) in [6, 6.07) is 5.47. The Hall–Kier alpha value is -2.50. The number of esters is 1. The van der Waals surface area contributed by atoms with Crippen LogP contribution in [-0.2, 0) is 34.5 Å². The molecule has 1 aromatic carbocycles. The van der Waals surface area contributed by atoms with E-state index >= 15 is 0 Å². The molecule has 13 heteroatoms. The number of para-hydroxylation sites is 1. The number of nitrogens with one attached hydrogen (secondary N) is 1. The van der Waals surface area contributed by atoms with Crippen molar-refractivity contribution in [1.29, 1.82) is 0 Å². The van der Waals surface area contributed by atoms with Crippen LogP contribution in [0.5, 0.6) is 5.75 Å². The molecule has 0 spiro atoms. The van der Waals surface area contributed by atoms with Crippen molar-refractivity contribution in [3.05, 3.63) is 66.9 Å². The van der Waals surface area contributed by atoms with Crippen LogP contribution in [0.25, 0.3) is 6.08 Å². The number of hydrogen-bond donors (Lipinski definition) is 1. The fourth-order valence-electron chi connectivity index (χ4n) is 3.80. The average Bonchev–Trinajstić information content (AvgIpc) is 3.22. The van der Waals surface area contributed by atoms with E-state index in [0.29, 0.717) is 5.75 Å². The molecular weight excluding hydrogens is 559 g/mol. The molecule has 11 nitrogen and oxygen atoms in total. The standard InChI is InChI=1S/C23H26BrN2O9P/c1-13(2)22(28)34-17-9-19(26-10-15(7-8-24)21(27)25-23(26)29)33-18(17)12-32-36(30)31-11-16-6-4-5-14(3)20(16)35-36/h4-8,10,13,17-19H,9,11-12H2,1-3H3,(H,25,27,29)/b8-7+/t17-,18+,19+,36?/m0/s1. The van der Waals surface area contributed by atoms with Crippen LogP contribution in [0.15, 0.2) is 39.0 Å². The van der Waals surface area contributed by atoms with Crippen molar-refractivity contribution in [1.82, 2.24) is 9.55 Å². The number of halogens is 1. The van der Waals surface area contributed by atoms with Gasteiger partial charge in [0, 0.05) is 18.2 Å². The Morgan fingerprint density at radius 3 is 2.86 bits per heavy atom. The maximum atomic E-state index is 13.2. The zero-order valence-electron chi connectivity index (χ0n) is 19.8. The van der Waals surface area contributed by atoms with Crippen molar-refractivity contribution in [3.8, 4) is 5.75 Å². The zero-order valence-corrected chi connectivity index (χ0v) is 22.3. The summed E-state index contributed by atoms with van der Waals surface area (Å²) in [7, 11) is -3.98. The quantitative estimate of drug-likeness (QED) is 0.380. The molecule has 1 N–H and O–H groups in total. The number of fused-ring (bicyclic) bond motifs is 1. The van der Waals surface area contributed by atoms with Gasteiger partial charge in [0.25, 0.3) is 5.56 Å². The second-order valence-electron chi connectivity index (χ2n) is 8.71. The van der Waals surface area contributed by atoms with E-state index in [1.807, 2.05) is 19.1 Å². The van der Waals surface area contributed by atoms with Crippen LogP contribution in [-0.4, -0.2) is 34.3 Å². The number of phosphoric ester groups is 1. The summed E-state index contributed by atoms with van der Waals surface area (Å²) in [5, 5.41) is 0. The lowest BCUT2D eigenvalue weighted by Gasteiger charge is -2.27. The van der Waals surface area contributed by atoms with E-state index in [2.05, 4.69) is 20.9 Å². The van der Waals surface area contributed by atoms with E-state index in [9.17, 15) is 18.9 Å². The van der Waals surface area contributed by atoms with Crippen molar-refractivity contribution in [2.45, 2.75) is 52.2 Å². The molecule has 0 amide bonds. The number of aryl methyl sites for hydroxylation is 1. The van der Waals surface area contributed by atoms with Crippen molar-refractivity contribution < 1.29 is 32.4 Å². The highest BCUT2D eigenvalue weighted by Crippen LogP contribution is 2.55. The van der Waals surface area contributed by atoms with Gasteiger partial charge in [-0.25, -0.2) is 9.36 Å². The summed E-state index contributed by atoms with van der Waals surface area (Å²) < 4.78 is 42.5. The SMILES string of the molecule is Cc1cccc2c1OP(=O)(OC[C@H]1O[C@@H](n3cc(/C=C/Br)c(=O)[nH]c3=O)C[C@@H]1OC(=O)C(C)C)OC2. The Kier molecular flexibility index (Phi) is 8.01. The number of nitrogens with zero attached hydrogens (tertiary/aromatic N) is 1. The first-order valence-corrected chi connectivity index (χ1v) is 13.6. The van der Waals surface area contributed by atoms with Gasteiger partial charge in [0.05, 0.1) is 24.7 Å². The zero-order chi connectivity index (χ0) is 26.0. The van der Waals surface area contributed by atoms with E-state index in [4.69, 9.17) is 23.0 Å². The van der Waals surface area contributed by atoms with Crippen molar-refractivity contribution >= 4 is 35.8 Å². The molecule has 0 radical (unpaired) electrons. The number of benzene rings is 1. The molecule has 0 saturated carbocycles. The van der Waals surface area contributed by atoms with E-state index in [-0.39, 0.29) is 25.2 Å². The molecule has 4 atom stereocenters. The first kappa shape index (κ1) is 26.6. The lowest BCUT2D eigenvalue weighted by Crippen LogP contribution is -2.33. The summed E-state index contributed by atoms with van der Waals surface area (Å²) in [6.45, 7) is 4.95. The third-order valence-corrected chi connectivity index (χ3v) is 7.32. The smallest absolute Gasteiger partial charge is 0.459 e. The Bertz CT molecular complexity index is 1340. The summed E-state index contributed by atoms with van der Waals surface area (Å²) in [4.78, 5) is 40.6. The number of rotatable bonds is 7. The second kappa shape index (κ2) is 10.9. The fraction of sp³-hybridized carbons (Fsp3) is 0.435. The Labute approximate surface area is 215 Å². The molecule has 2 aromatic rings. The minimum Gasteiger partial charge on any atom is -0.459 e. The number of ether oxygens (including phenoxy) is 2. The van der Waals surface area contributed by atoms with E-state index in [0.717, 1.165) is 11.1 Å². The summed E-state index contributed by atoms with van der Waals surface area (Å²) >= 11 is 3.11. The van der Waals surface area contributed by atoms with Gasteiger partial charge < -0.3 is 14.0 Å². The maximum absolute atomic E-state index is 13.2. The molecule has 1 unspecified atom stereocenters. The molecule has 194 valence electrons. The largest absolute Gasteiger partial charge is 0.530 e. The predicted octanol–water partition coefficient (Wildman–Crippen LogP) is 3.80. The summed E-state index contributed by atoms with van der Waals surface area (Å²) in [5.74, 6) is -0.431. The maximum Gasteiger partial charge on any atom is 0.530 e. The van der Waals surface area contributed by atoms with Gasteiger partial charge in [0.15, 0.2) is 0 Å². The molecule has 3 heterocycles. The van der Waals surface area contributed by atoms with E-state index in [1.165, 1.54) is 21.8 Å². The summed E-state index contributed by atoms with van der Waals surface area (Å²) in [5.41, 5.74) is 0.495. The molecule has 0 aliphatic carbocycles. The Balaban J connectivity index is 1.55. The normalized spacial score (nSPS) is 25.6. The highest BCUT2D eigenvalue weighted by molar-refractivity contribution is 9.11. The first-order valence-electron chi connectivity index (χ1n) is 11.3. The van der Waals surface area contributed by atoms with Crippen LogP contribution in [0.4, 0.5) is 0 Å². The van der Waals surface area contributed by atoms with E-state index < -0.39 is 49.4 Å². The highest BCUT2D eigenvalue weighted by atomic mass is 79.9. The van der Waals surface area contributed by atoms with Crippen LogP contribution in [0.3, 0.4) is 0 Å². The average molecular weight is 585 g/mol. The molecule has 1 fully saturated rings. The number of phosphoric acid groups is 1. The van der Waals surface area contributed by atoms with Crippen LogP contribution < -0.4 is 15.8 Å². The molecular formula is C23H26BrN2O9P. The first-order chi connectivity index (χ1) is 17.1. The van der Waals surface area contributed by atoms with Gasteiger partial charge in [-0.1, -0.05) is 48.0 Å². The molecule has 4 rings (SSSR count). The van der Waals surface area contributed by atoms with E-state index in [1.54, 1.807) is 19.9 Å². The van der Waals surface area contributed by atoms with Gasteiger partial charge in [-0.05, 0) is 23.5 Å². The van der Waals surface area contributed by atoms with Gasteiger partial charge in [-0.3, -0.25) is 28.2 Å². The van der Waals surface area contributed by atoms with Crippen molar-refractivity contribution in [3.63, 3.8) is 0 Å². The number of hydrogen-bond acceptors (Lipinski definition) is 9. The van der Waals surface area contributed by atoms with Crippen LogP contribution in [0.1, 0.15) is 43.2 Å². The number of aromatic amines is 1. The third-order valence-electron chi connectivity index (χ3n) is 5.74.